The van der Waals surface area contributed by atoms with E-state index in [0.29, 0.717) is 33.9 Å². The number of aromatic nitrogens is 4. The van der Waals surface area contributed by atoms with Gasteiger partial charge >= 0.3 is 0 Å². The lowest BCUT2D eigenvalue weighted by Gasteiger charge is -2.20. The van der Waals surface area contributed by atoms with Crippen molar-refractivity contribution in [1.82, 2.24) is 19.4 Å². The quantitative estimate of drug-likeness (QED) is 0.546. The number of hydrogen-bond acceptors (Lipinski definition) is 6. The van der Waals surface area contributed by atoms with Gasteiger partial charge in [-0.1, -0.05) is 0 Å². The Morgan fingerprint density at radius 3 is 2.87 bits per heavy atom. The number of nitrogens with one attached hydrogen (secondary N) is 1. The van der Waals surface area contributed by atoms with E-state index in [-0.39, 0.29) is 5.65 Å². The van der Waals surface area contributed by atoms with Crippen LogP contribution in [0.4, 0.5) is 15.8 Å². The number of pyridine rings is 1. The Morgan fingerprint density at radius 1 is 1.23 bits per heavy atom. The number of halogens is 1. The van der Waals surface area contributed by atoms with Gasteiger partial charge in [0, 0.05) is 31.5 Å². The van der Waals surface area contributed by atoms with E-state index in [1.165, 1.54) is 19.4 Å². The van der Waals surface area contributed by atoms with E-state index in [0.717, 1.165) is 25.2 Å². The Morgan fingerprint density at radius 2 is 2.10 bits per heavy atom. The number of imidazole rings is 1. The number of nitrogens with zero attached hydrogens (tertiary/aromatic N) is 5. The van der Waals surface area contributed by atoms with E-state index in [4.69, 9.17) is 4.74 Å². The highest BCUT2D eigenvalue weighted by atomic mass is 19.1. The Balaban J connectivity index is 1.56. The van der Waals surface area contributed by atoms with Crippen LogP contribution in [-0.4, -0.2) is 45.5 Å². The molecular weight excluding hydrogens is 399 g/mol. The first kappa shape index (κ1) is 19.2. The molecule has 31 heavy (non-hydrogen) atoms. The minimum atomic E-state index is -0.516. The summed E-state index contributed by atoms with van der Waals surface area (Å²) in [6.45, 7) is 3.48. The second-order valence-electron chi connectivity index (χ2n) is 7.41. The maximum atomic E-state index is 14.4. The number of methoxy groups -OCH3 is 1. The van der Waals surface area contributed by atoms with Gasteiger partial charge in [-0.15, -0.1) is 0 Å². The van der Waals surface area contributed by atoms with Gasteiger partial charge in [-0.05, 0) is 31.9 Å². The van der Waals surface area contributed by atoms with Crippen LogP contribution >= 0.6 is 0 Å². The average molecular weight is 419 g/mol. The van der Waals surface area contributed by atoms with Crippen LogP contribution in [0.5, 0.6) is 5.88 Å². The Bertz CT molecular complexity index is 1310. The zero-order chi connectivity index (χ0) is 21.5. The lowest BCUT2D eigenvalue weighted by Crippen LogP contribution is -2.20. The molecule has 4 heterocycles. The predicted molar refractivity (Wildman–Crippen MR) is 115 cm³/mol. The molecule has 1 aliphatic rings. The number of benzene rings is 1. The molecule has 1 amide bonds. The summed E-state index contributed by atoms with van der Waals surface area (Å²) in [5, 5.41) is 2.76. The summed E-state index contributed by atoms with van der Waals surface area (Å²) < 4.78 is 21.2. The standard InChI is InChI=1S/C22H20FN6O2/c1-13-11-29-12-14(9-16(23)21(29)25-13)26-22(30)15-5-6-17(28-7-3-4-8-28)20-19(15)27-18(31-2)10-24-20/h3,5-6,9-12H,4,7-8H2,1-2H3,(H,26,30). The smallest absolute Gasteiger partial charge is 0.257 e. The number of fused-ring (bicyclic) bond motifs is 2. The molecule has 157 valence electrons. The highest BCUT2D eigenvalue weighted by Crippen LogP contribution is 2.30. The molecule has 1 radical (unpaired) electrons. The molecule has 8 nitrogen and oxygen atoms in total. The minimum Gasteiger partial charge on any atom is -0.480 e. The number of anilines is 2. The van der Waals surface area contributed by atoms with Gasteiger partial charge in [0.15, 0.2) is 11.5 Å². The first-order chi connectivity index (χ1) is 15.0. The fourth-order valence-electron chi connectivity index (χ4n) is 3.86. The van der Waals surface area contributed by atoms with Crippen molar-refractivity contribution in [3.63, 3.8) is 0 Å². The largest absolute Gasteiger partial charge is 0.480 e. The Hall–Kier alpha value is -3.75. The van der Waals surface area contributed by atoms with Crippen molar-refractivity contribution in [1.29, 1.82) is 0 Å². The van der Waals surface area contributed by atoms with Crippen molar-refractivity contribution in [2.45, 2.75) is 13.3 Å². The van der Waals surface area contributed by atoms with Gasteiger partial charge in [0.2, 0.25) is 5.88 Å². The van der Waals surface area contributed by atoms with Gasteiger partial charge in [0.1, 0.15) is 11.0 Å². The Labute approximate surface area is 177 Å². The van der Waals surface area contributed by atoms with Crippen LogP contribution in [0.25, 0.3) is 16.7 Å². The van der Waals surface area contributed by atoms with E-state index < -0.39 is 11.7 Å². The van der Waals surface area contributed by atoms with Crippen molar-refractivity contribution < 1.29 is 13.9 Å². The molecule has 1 aromatic carbocycles. The number of amides is 1. The average Bonchev–Trinajstić information content (AvgIpc) is 3.42. The molecule has 0 unspecified atom stereocenters. The van der Waals surface area contributed by atoms with Crippen LogP contribution in [-0.2, 0) is 0 Å². The molecule has 1 N–H and O–H groups in total. The first-order valence-corrected chi connectivity index (χ1v) is 9.90. The lowest BCUT2D eigenvalue weighted by atomic mass is 10.1. The summed E-state index contributed by atoms with van der Waals surface area (Å²) >= 11 is 0. The molecule has 1 aliphatic heterocycles. The molecule has 3 aromatic heterocycles. The van der Waals surface area contributed by atoms with Crippen LogP contribution < -0.4 is 15.0 Å². The van der Waals surface area contributed by atoms with Gasteiger partial charge in [0.25, 0.3) is 5.91 Å². The number of aryl methyl sites for hydroxylation is 1. The molecule has 4 aromatic rings. The second kappa shape index (κ2) is 7.50. The fourth-order valence-corrected chi connectivity index (χ4v) is 3.86. The fraction of sp³-hybridized carbons (Fsp3) is 0.227. The highest BCUT2D eigenvalue weighted by molar-refractivity contribution is 6.13. The number of hydrogen-bond donors (Lipinski definition) is 1. The SMILES string of the molecule is COc1cnc2c(N3C[CH]CC3)ccc(C(=O)Nc3cc(F)c4nc(C)cn4c3)c2n1. The van der Waals surface area contributed by atoms with Gasteiger partial charge < -0.3 is 19.4 Å². The van der Waals surface area contributed by atoms with Crippen LogP contribution in [0.2, 0.25) is 0 Å². The van der Waals surface area contributed by atoms with Crippen molar-refractivity contribution in [2.24, 2.45) is 0 Å². The number of carbonyl (C=O) groups is 1. The van der Waals surface area contributed by atoms with Gasteiger partial charge in [0.05, 0.1) is 35.9 Å². The van der Waals surface area contributed by atoms with Crippen LogP contribution in [0.1, 0.15) is 22.5 Å². The third kappa shape index (κ3) is 3.41. The maximum absolute atomic E-state index is 14.4. The predicted octanol–water partition coefficient (Wildman–Crippen LogP) is 3.40. The third-order valence-electron chi connectivity index (χ3n) is 5.29. The lowest BCUT2D eigenvalue weighted by molar-refractivity contribution is 0.102. The van der Waals surface area contributed by atoms with Gasteiger partial charge in [-0.3, -0.25) is 4.79 Å². The second-order valence-corrected chi connectivity index (χ2v) is 7.41. The van der Waals surface area contributed by atoms with Crippen molar-refractivity contribution in [3.8, 4) is 5.88 Å². The number of rotatable bonds is 4. The molecule has 5 rings (SSSR count). The molecule has 9 heteroatoms. The summed E-state index contributed by atoms with van der Waals surface area (Å²) in [6.07, 6.45) is 8.06. The molecule has 1 saturated heterocycles. The van der Waals surface area contributed by atoms with E-state index in [1.54, 1.807) is 29.8 Å². The van der Waals surface area contributed by atoms with Crippen molar-refractivity contribution in [3.05, 3.63) is 60.3 Å². The first-order valence-electron chi connectivity index (χ1n) is 9.90. The molecule has 0 bridgehead atoms. The van der Waals surface area contributed by atoms with E-state index in [1.807, 2.05) is 6.07 Å². The minimum absolute atomic E-state index is 0.211. The monoisotopic (exact) mass is 419 g/mol. The van der Waals surface area contributed by atoms with Gasteiger partial charge in [-0.2, -0.15) is 0 Å². The summed E-state index contributed by atoms with van der Waals surface area (Å²) in [7, 11) is 1.50. The Kier molecular flexibility index (Phi) is 4.65. The number of carbonyl (C=O) groups excluding carboxylic acids is 1. The van der Waals surface area contributed by atoms with Crippen molar-refractivity contribution >= 4 is 34.0 Å². The molecule has 0 atom stereocenters. The molecule has 0 aliphatic carbocycles. The molecule has 0 saturated carbocycles. The van der Waals surface area contributed by atoms with E-state index in [9.17, 15) is 9.18 Å². The van der Waals surface area contributed by atoms with Gasteiger partial charge in [-0.25, -0.2) is 19.3 Å². The molecular formula is C22H20FN6O2. The zero-order valence-corrected chi connectivity index (χ0v) is 17.1. The van der Waals surface area contributed by atoms with Crippen molar-refractivity contribution in [2.75, 3.05) is 30.4 Å². The molecule has 1 fully saturated rings. The maximum Gasteiger partial charge on any atom is 0.257 e. The van der Waals surface area contributed by atoms with E-state index in [2.05, 4.69) is 31.6 Å². The number of ether oxygens (including phenoxy) is 1. The normalized spacial score (nSPS) is 13.8. The van der Waals surface area contributed by atoms with Crippen LogP contribution in [0.3, 0.4) is 0 Å². The summed E-state index contributed by atoms with van der Waals surface area (Å²) in [4.78, 5) is 28.4. The topological polar surface area (TPSA) is 84.6 Å². The highest BCUT2D eigenvalue weighted by Gasteiger charge is 2.21. The third-order valence-corrected chi connectivity index (χ3v) is 5.29. The summed E-state index contributed by atoms with van der Waals surface area (Å²) in [6, 6.07) is 4.85. The molecule has 0 spiro atoms. The van der Waals surface area contributed by atoms with Crippen LogP contribution in [0.15, 0.2) is 36.8 Å². The van der Waals surface area contributed by atoms with E-state index >= 15 is 0 Å². The summed E-state index contributed by atoms with van der Waals surface area (Å²) in [5.41, 5.74) is 3.51. The zero-order valence-electron chi connectivity index (χ0n) is 17.1. The summed E-state index contributed by atoms with van der Waals surface area (Å²) in [5.74, 6) is -0.617. The van der Waals surface area contributed by atoms with Crippen LogP contribution in [0, 0.1) is 19.2 Å².